The first kappa shape index (κ1) is 9.52. The molecule has 0 saturated heterocycles. The third kappa shape index (κ3) is 1.39. The smallest absolute Gasteiger partial charge is 0.227 e. The molecular weight excluding hydrogens is 244 g/mol. The molecule has 1 amide bonds. The van der Waals surface area contributed by atoms with Crippen LogP contribution in [0.15, 0.2) is 16.6 Å². The third-order valence-electron chi connectivity index (χ3n) is 2.54. The second-order valence-electron chi connectivity index (χ2n) is 3.46. The zero-order valence-corrected chi connectivity index (χ0v) is 9.47. The van der Waals surface area contributed by atoms with Gasteiger partial charge in [0.25, 0.3) is 0 Å². The van der Waals surface area contributed by atoms with Gasteiger partial charge in [0.1, 0.15) is 0 Å². The molecule has 0 spiro atoms. The number of fused-ring (bicyclic) bond motifs is 1. The molecule has 3 nitrogen and oxygen atoms in total. The summed E-state index contributed by atoms with van der Waals surface area (Å²) in [6, 6.07) is 3.84. The van der Waals surface area contributed by atoms with Gasteiger partial charge in [0.05, 0.1) is 0 Å². The summed E-state index contributed by atoms with van der Waals surface area (Å²) in [4.78, 5) is 13.1. The van der Waals surface area contributed by atoms with Crippen LogP contribution >= 0.6 is 15.9 Å². The summed E-state index contributed by atoms with van der Waals surface area (Å²) in [7, 11) is 1.79. The van der Waals surface area contributed by atoms with Gasteiger partial charge >= 0.3 is 0 Å². The maximum Gasteiger partial charge on any atom is 0.227 e. The first-order chi connectivity index (χ1) is 6.59. The van der Waals surface area contributed by atoms with E-state index < -0.39 is 0 Å². The molecule has 1 aromatic carbocycles. The molecule has 4 heteroatoms. The number of nitrogens with zero attached hydrogens (tertiary/aromatic N) is 1. The molecule has 2 rings (SSSR count). The fraction of sp³-hybridized carbons (Fsp3) is 0.300. The monoisotopic (exact) mass is 254 g/mol. The van der Waals surface area contributed by atoms with Gasteiger partial charge in [-0.3, -0.25) is 4.79 Å². The second kappa shape index (κ2) is 3.28. The van der Waals surface area contributed by atoms with Gasteiger partial charge in [0, 0.05) is 29.3 Å². The Hall–Kier alpha value is -1.03. The lowest BCUT2D eigenvalue weighted by molar-refractivity contribution is -0.118. The highest BCUT2D eigenvalue weighted by Crippen LogP contribution is 2.33. The SMILES string of the molecule is CN1C(=O)CCc2cc(N)c(Br)cc21. The number of hydrogen-bond acceptors (Lipinski definition) is 2. The highest BCUT2D eigenvalue weighted by Gasteiger charge is 2.21. The third-order valence-corrected chi connectivity index (χ3v) is 3.23. The summed E-state index contributed by atoms with van der Waals surface area (Å²) >= 11 is 3.36. The largest absolute Gasteiger partial charge is 0.398 e. The number of nitrogen functional groups attached to an aromatic ring is 1. The van der Waals surface area contributed by atoms with Crippen molar-refractivity contribution >= 4 is 33.2 Å². The minimum atomic E-state index is 0.161. The highest BCUT2D eigenvalue weighted by atomic mass is 79.9. The molecule has 0 aromatic heterocycles. The minimum Gasteiger partial charge on any atom is -0.398 e. The number of benzene rings is 1. The van der Waals surface area contributed by atoms with Crippen LogP contribution in [-0.4, -0.2) is 13.0 Å². The normalized spacial score (nSPS) is 15.6. The average molecular weight is 255 g/mol. The molecular formula is C10H11BrN2O. The topological polar surface area (TPSA) is 46.3 Å². The maximum atomic E-state index is 11.4. The Morgan fingerprint density at radius 1 is 1.43 bits per heavy atom. The van der Waals surface area contributed by atoms with Crippen LogP contribution in [0.4, 0.5) is 11.4 Å². The molecule has 0 fully saturated rings. The summed E-state index contributed by atoms with van der Waals surface area (Å²) in [5.41, 5.74) is 8.61. The van der Waals surface area contributed by atoms with Gasteiger partial charge in [-0.1, -0.05) is 0 Å². The van der Waals surface area contributed by atoms with Crippen molar-refractivity contribution in [2.75, 3.05) is 17.7 Å². The fourth-order valence-corrected chi connectivity index (χ4v) is 2.01. The lowest BCUT2D eigenvalue weighted by Crippen LogP contribution is -2.31. The molecule has 1 aromatic rings. The Bertz CT molecular complexity index is 403. The molecule has 0 atom stereocenters. The summed E-state index contributed by atoms with van der Waals surface area (Å²) in [6.07, 6.45) is 1.36. The van der Waals surface area contributed by atoms with Crippen molar-refractivity contribution in [2.24, 2.45) is 0 Å². The molecule has 2 N–H and O–H groups in total. The fourth-order valence-electron chi connectivity index (χ4n) is 1.68. The van der Waals surface area contributed by atoms with Crippen LogP contribution in [0.2, 0.25) is 0 Å². The molecule has 1 aliphatic heterocycles. The number of nitrogens with two attached hydrogens (primary N) is 1. The van der Waals surface area contributed by atoms with Gasteiger partial charge in [-0.15, -0.1) is 0 Å². The number of hydrogen-bond donors (Lipinski definition) is 1. The van der Waals surface area contributed by atoms with Crippen molar-refractivity contribution in [1.82, 2.24) is 0 Å². The Morgan fingerprint density at radius 3 is 2.86 bits per heavy atom. The highest BCUT2D eigenvalue weighted by molar-refractivity contribution is 9.10. The lowest BCUT2D eigenvalue weighted by atomic mass is 10.0. The molecule has 74 valence electrons. The van der Waals surface area contributed by atoms with Crippen molar-refractivity contribution in [3.05, 3.63) is 22.2 Å². The summed E-state index contributed by atoms with van der Waals surface area (Å²) in [5.74, 6) is 0.161. The molecule has 0 aliphatic carbocycles. The van der Waals surface area contributed by atoms with E-state index in [9.17, 15) is 4.79 Å². The molecule has 1 aliphatic rings. The van der Waals surface area contributed by atoms with Crippen LogP contribution in [-0.2, 0) is 11.2 Å². The van der Waals surface area contributed by atoms with Gasteiger partial charge in [0.2, 0.25) is 5.91 Å². The minimum absolute atomic E-state index is 0.161. The summed E-state index contributed by atoms with van der Waals surface area (Å²) in [5, 5.41) is 0. The Balaban J connectivity index is 2.55. The van der Waals surface area contributed by atoms with Crippen molar-refractivity contribution in [3.63, 3.8) is 0 Å². The molecule has 0 saturated carbocycles. The number of anilines is 2. The predicted molar refractivity (Wildman–Crippen MR) is 60.3 cm³/mol. The zero-order chi connectivity index (χ0) is 10.3. The summed E-state index contributed by atoms with van der Waals surface area (Å²) in [6.45, 7) is 0. The van der Waals surface area contributed by atoms with E-state index in [1.807, 2.05) is 12.1 Å². The number of rotatable bonds is 0. The average Bonchev–Trinajstić information content (AvgIpc) is 2.15. The van der Waals surface area contributed by atoms with E-state index in [-0.39, 0.29) is 5.91 Å². The molecule has 14 heavy (non-hydrogen) atoms. The van der Waals surface area contributed by atoms with Crippen LogP contribution in [0.25, 0.3) is 0 Å². The van der Waals surface area contributed by atoms with Crippen molar-refractivity contribution in [2.45, 2.75) is 12.8 Å². The number of aryl methyl sites for hydroxylation is 1. The van der Waals surface area contributed by atoms with E-state index in [1.165, 1.54) is 0 Å². The van der Waals surface area contributed by atoms with E-state index in [0.29, 0.717) is 6.42 Å². The van der Waals surface area contributed by atoms with Crippen molar-refractivity contribution in [3.8, 4) is 0 Å². The zero-order valence-electron chi connectivity index (χ0n) is 7.88. The first-order valence-electron chi connectivity index (χ1n) is 4.44. The molecule has 0 radical (unpaired) electrons. The van der Waals surface area contributed by atoms with Gasteiger partial charge in [-0.05, 0) is 40.0 Å². The van der Waals surface area contributed by atoms with E-state index >= 15 is 0 Å². The Morgan fingerprint density at radius 2 is 2.14 bits per heavy atom. The van der Waals surface area contributed by atoms with Gasteiger partial charge < -0.3 is 10.6 Å². The Labute approximate surface area is 91.0 Å². The van der Waals surface area contributed by atoms with Crippen LogP contribution in [0, 0.1) is 0 Å². The van der Waals surface area contributed by atoms with E-state index in [0.717, 1.165) is 27.8 Å². The van der Waals surface area contributed by atoms with E-state index in [2.05, 4.69) is 15.9 Å². The Kier molecular flexibility index (Phi) is 2.23. The van der Waals surface area contributed by atoms with Crippen LogP contribution in [0.1, 0.15) is 12.0 Å². The number of carbonyl (C=O) groups excluding carboxylic acids is 1. The van der Waals surface area contributed by atoms with Gasteiger partial charge in [0.15, 0.2) is 0 Å². The van der Waals surface area contributed by atoms with E-state index in [1.54, 1.807) is 11.9 Å². The van der Waals surface area contributed by atoms with Crippen LogP contribution in [0.5, 0.6) is 0 Å². The molecule has 0 bridgehead atoms. The first-order valence-corrected chi connectivity index (χ1v) is 5.23. The van der Waals surface area contributed by atoms with Gasteiger partial charge in [-0.25, -0.2) is 0 Å². The predicted octanol–water partition coefficient (Wildman–Crippen LogP) is 1.94. The number of carbonyl (C=O) groups is 1. The quantitative estimate of drug-likeness (QED) is 0.720. The van der Waals surface area contributed by atoms with Gasteiger partial charge in [-0.2, -0.15) is 0 Å². The lowest BCUT2D eigenvalue weighted by Gasteiger charge is -2.26. The second-order valence-corrected chi connectivity index (χ2v) is 4.31. The maximum absolute atomic E-state index is 11.4. The summed E-state index contributed by atoms with van der Waals surface area (Å²) < 4.78 is 0.845. The molecule has 1 heterocycles. The van der Waals surface area contributed by atoms with Crippen molar-refractivity contribution in [1.29, 1.82) is 0 Å². The van der Waals surface area contributed by atoms with Crippen molar-refractivity contribution < 1.29 is 4.79 Å². The van der Waals surface area contributed by atoms with E-state index in [4.69, 9.17) is 5.73 Å². The standard InChI is InChI=1S/C10H11BrN2O/c1-13-9-5-7(11)8(12)4-6(9)2-3-10(13)14/h4-5H,2-3,12H2,1H3. The molecule has 0 unspecified atom stereocenters. The van der Waals surface area contributed by atoms with Crippen LogP contribution in [0.3, 0.4) is 0 Å². The number of halogens is 1. The van der Waals surface area contributed by atoms with Crippen LogP contribution < -0.4 is 10.6 Å². The number of amides is 1.